The highest BCUT2D eigenvalue weighted by molar-refractivity contribution is 6.07. The van der Waals surface area contributed by atoms with Crippen LogP contribution in [-0.4, -0.2) is 45.8 Å². The number of carbonyl (C=O) groups excluding carboxylic acids is 4. The van der Waals surface area contributed by atoms with Crippen molar-refractivity contribution in [2.75, 3.05) is 0 Å². The third-order valence-corrected chi connectivity index (χ3v) is 5.55. The summed E-state index contributed by atoms with van der Waals surface area (Å²) in [6.07, 6.45) is 1.19. The van der Waals surface area contributed by atoms with Gasteiger partial charge in [-0.1, -0.05) is 68.4 Å². The Morgan fingerprint density at radius 2 is 1.69 bits per heavy atom. The summed E-state index contributed by atoms with van der Waals surface area (Å²) in [4.78, 5) is 50.4. The zero-order valence-electron chi connectivity index (χ0n) is 18.1. The molecule has 1 aliphatic heterocycles. The van der Waals surface area contributed by atoms with Crippen LogP contribution in [0, 0.1) is 5.92 Å². The van der Waals surface area contributed by atoms with E-state index in [9.17, 15) is 19.2 Å². The van der Waals surface area contributed by atoms with Crippen molar-refractivity contribution in [3.63, 3.8) is 0 Å². The molecule has 2 atom stereocenters. The number of hydrogen-bond donors (Lipinski definition) is 3. The van der Waals surface area contributed by atoms with Crippen LogP contribution in [0.1, 0.15) is 41.8 Å². The molecule has 8 heteroatoms. The second-order valence-corrected chi connectivity index (χ2v) is 8.20. The lowest BCUT2D eigenvalue weighted by atomic mass is 9.99. The van der Waals surface area contributed by atoms with Crippen molar-refractivity contribution >= 4 is 23.6 Å². The van der Waals surface area contributed by atoms with Crippen molar-refractivity contribution in [2.45, 2.75) is 45.2 Å². The zero-order chi connectivity index (χ0) is 23.3. The number of hydroxylamine groups is 1. The Kier molecular flexibility index (Phi) is 7.37. The molecule has 8 nitrogen and oxygen atoms in total. The van der Waals surface area contributed by atoms with E-state index in [2.05, 4.69) is 5.32 Å². The molecule has 0 aromatic heterocycles. The Morgan fingerprint density at radius 3 is 2.28 bits per heavy atom. The van der Waals surface area contributed by atoms with Crippen LogP contribution in [0.5, 0.6) is 0 Å². The summed E-state index contributed by atoms with van der Waals surface area (Å²) >= 11 is 0. The van der Waals surface area contributed by atoms with Gasteiger partial charge < -0.3 is 5.32 Å². The van der Waals surface area contributed by atoms with Crippen molar-refractivity contribution in [2.24, 2.45) is 5.92 Å². The van der Waals surface area contributed by atoms with Crippen molar-refractivity contribution < 1.29 is 24.4 Å². The summed E-state index contributed by atoms with van der Waals surface area (Å²) < 4.78 is 0. The third-order valence-electron chi connectivity index (χ3n) is 5.55. The molecule has 0 saturated carbocycles. The number of urea groups is 1. The molecule has 1 saturated heterocycles. The fourth-order valence-corrected chi connectivity index (χ4v) is 3.84. The number of imide groups is 1. The molecule has 0 spiro atoms. The maximum absolute atomic E-state index is 12.8. The van der Waals surface area contributed by atoms with Gasteiger partial charge in [-0.15, -0.1) is 0 Å². The van der Waals surface area contributed by atoms with Gasteiger partial charge in [0.25, 0.3) is 11.8 Å². The van der Waals surface area contributed by atoms with Crippen LogP contribution < -0.4 is 10.8 Å². The van der Waals surface area contributed by atoms with Gasteiger partial charge in [-0.25, -0.2) is 15.2 Å². The van der Waals surface area contributed by atoms with E-state index in [-0.39, 0.29) is 11.7 Å². The van der Waals surface area contributed by atoms with Crippen LogP contribution in [0.4, 0.5) is 4.79 Å². The number of rotatable bonds is 9. The van der Waals surface area contributed by atoms with Crippen LogP contribution in [0.15, 0.2) is 54.6 Å². The van der Waals surface area contributed by atoms with E-state index in [4.69, 9.17) is 5.21 Å². The molecule has 2 aromatic carbocycles. The summed E-state index contributed by atoms with van der Waals surface area (Å²) in [6.45, 7) is 3.38. The van der Waals surface area contributed by atoms with E-state index in [0.29, 0.717) is 24.8 Å². The van der Waals surface area contributed by atoms with Gasteiger partial charge in [-0.2, -0.15) is 0 Å². The number of amides is 4. The normalized spacial score (nSPS) is 16.8. The topological polar surface area (TPSA) is 116 Å². The Bertz CT molecular complexity index is 988. The second kappa shape index (κ2) is 10.2. The molecule has 3 N–H and O–H groups in total. The highest BCUT2D eigenvalue weighted by Gasteiger charge is 2.45. The molecular weight excluding hydrogens is 410 g/mol. The number of ketones is 1. The van der Waals surface area contributed by atoms with E-state index in [0.717, 1.165) is 16.0 Å². The van der Waals surface area contributed by atoms with Gasteiger partial charge in [0.05, 0.1) is 0 Å². The lowest BCUT2D eigenvalue weighted by Gasteiger charge is -2.26. The number of carbonyl (C=O) groups is 4. The predicted molar refractivity (Wildman–Crippen MR) is 117 cm³/mol. The van der Waals surface area contributed by atoms with Gasteiger partial charge in [-0.3, -0.25) is 19.6 Å². The smallest absolute Gasteiger partial charge is 0.325 e. The molecule has 168 valence electrons. The van der Waals surface area contributed by atoms with Crippen molar-refractivity contribution in [1.82, 2.24) is 15.7 Å². The molecule has 0 aliphatic carbocycles. The molecular formula is C24H27N3O5. The molecule has 1 heterocycles. The average molecular weight is 437 g/mol. The summed E-state index contributed by atoms with van der Waals surface area (Å²) in [7, 11) is 0. The first kappa shape index (κ1) is 23.1. The molecule has 0 radical (unpaired) electrons. The van der Waals surface area contributed by atoms with Crippen LogP contribution >= 0.6 is 0 Å². The number of nitrogens with one attached hydrogen (secondary N) is 2. The predicted octanol–water partition coefficient (Wildman–Crippen LogP) is 2.50. The van der Waals surface area contributed by atoms with Gasteiger partial charge in [0.2, 0.25) is 0 Å². The Balaban J connectivity index is 1.59. The number of nitrogens with zero attached hydrogens (tertiary/aromatic N) is 1. The molecule has 3 rings (SSSR count). The van der Waals surface area contributed by atoms with Crippen molar-refractivity contribution in [3.8, 4) is 0 Å². The first-order valence-corrected chi connectivity index (χ1v) is 10.6. The third kappa shape index (κ3) is 5.20. The summed E-state index contributed by atoms with van der Waals surface area (Å²) in [6, 6.07) is 14.2. The highest BCUT2D eigenvalue weighted by Crippen LogP contribution is 2.20. The Morgan fingerprint density at radius 1 is 1.03 bits per heavy atom. The molecule has 1 fully saturated rings. The van der Waals surface area contributed by atoms with Gasteiger partial charge in [0.1, 0.15) is 12.1 Å². The Labute approximate surface area is 186 Å². The van der Waals surface area contributed by atoms with Crippen LogP contribution in [0.2, 0.25) is 0 Å². The fraction of sp³-hybridized carbons (Fsp3) is 0.333. The first-order valence-electron chi connectivity index (χ1n) is 10.6. The standard InChI is InChI=1S/C24H27N3O5/c1-15(2)21(22(29)26-32)27-23(30)19(25-24(27)31)13-10-16-8-11-18(12-9-16)20(28)14-17-6-4-3-5-7-17/h3-9,11-12,15,19,21,32H,10,13-14H2,1-2H3,(H,25,31)(H,26,29). The van der Waals surface area contributed by atoms with Crippen LogP contribution in [0.3, 0.4) is 0 Å². The second-order valence-electron chi connectivity index (χ2n) is 8.20. The summed E-state index contributed by atoms with van der Waals surface area (Å²) in [5.41, 5.74) is 4.02. The summed E-state index contributed by atoms with van der Waals surface area (Å²) in [5, 5.41) is 11.6. The van der Waals surface area contributed by atoms with Crippen LogP contribution in [0.25, 0.3) is 0 Å². The van der Waals surface area contributed by atoms with Gasteiger partial charge in [0, 0.05) is 12.0 Å². The number of Topliss-reactive ketones (excluding diaryl/α,β-unsaturated/α-hetero) is 1. The lowest BCUT2D eigenvalue weighted by molar-refractivity contribution is -0.142. The minimum absolute atomic E-state index is 0.0264. The SMILES string of the molecule is CC(C)C(C(=O)NO)N1C(=O)NC(CCc2ccc(C(=O)Cc3ccccc3)cc2)C1=O. The number of aryl methyl sites for hydroxylation is 1. The molecule has 2 aromatic rings. The van der Waals surface area contributed by atoms with Gasteiger partial charge in [0.15, 0.2) is 5.78 Å². The van der Waals surface area contributed by atoms with E-state index >= 15 is 0 Å². The Hall–Kier alpha value is -3.52. The fourth-order valence-electron chi connectivity index (χ4n) is 3.84. The van der Waals surface area contributed by atoms with Crippen molar-refractivity contribution in [1.29, 1.82) is 0 Å². The minimum atomic E-state index is -1.09. The molecule has 2 unspecified atom stereocenters. The van der Waals surface area contributed by atoms with E-state index < -0.39 is 29.9 Å². The monoisotopic (exact) mass is 437 g/mol. The minimum Gasteiger partial charge on any atom is -0.326 e. The molecule has 4 amide bonds. The maximum atomic E-state index is 12.8. The molecule has 1 aliphatic rings. The lowest BCUT2D eigenvalue weighted by Crippen LogP contribution is -2.52. The van der Waals surface area contributed by atoms with Crippen LogP contribution in [-0.2, 0) is 22.4 Å². The molecule has 32 heavy (non-hydrogen) atoms. The number of benzene rings is 2. The largest absolute Gasteiger partial charge is 0.326 e. The zero-order valence-corrected chi connectivity index (χ0v) is 18.1. The quantitative estimate of drug-likeness (QED) is 0.241. The van der Waals surface area contributed by atoms with E-state index in [1.165, 1.54) is 5.48 Å². The van der Waals surface area contributed by atoms with Gasteiger partial charge >= 0.3 is 6.03 Å². The van der Waals surface area contributed by atoms with E-state index in [1.807, 2.05) is 42.5 Å². The maximum Gasteiger partial charge on any atom is 0.325 e. The van der Waals surface area contributed by atoms with Gasteiger partial charge in [-0.05, 0) is 29.9 Å². The summed E-state index contributed by atoms with van der Waals surface area (Å²) in [5.74, 6) is -1.64. The molecule has 0 bridgehead atoms. The highest BCUT2D eigenvalue weighted by atomic mass is 16.5. The first-order chi connectivity index (χ1) is 15.3. The van der Waals surface area contributed by atoms with Crippen molar-refractivity contribution in [3.05, 3.63) is 71.3 Å². The number of hydrogen-bond acceptors (Lipinski definition) is 5. The van der Waals surface area contributed by atoms with E-state index in [1.54, 1.807) is 26.0 Å². The average Bonchev–Trinajstić information content (AvgIpc) is 3.06.